The Hall–Kier alpha value is -0.760. The third kappa shape index (κ3) is 4.84. The van der Waals surface area contributed by atoms with E-state index in [4.69, 9.17) is 9.47 Å². The number of allylic oxidation sites excluding steroid dienone is 4. The molecule has 0 aliphatic carbocycles. The molecule has 92 valence electrons. The van der Waals surface area contributed by atoms with Gasteiger partial charge in [-0.15, -0.1) is 0 Å². The van der Waals surface area contributed by atoms with Gasteiger partial charge in [-0.2, -0.15) is 0 Å². The molecule has 0 spiro atoms. The average Bonchev–Trinajstić information content (AvgIpc) is 3.02. The van der Waals surface area contributed by atoms with Crippen molar-refractivity contribution in [3.05, 3.63) is 23.5 Å². The molecule has 2 heteroatoms. The van der Waals surface area contributed by atoms with Crippen molar-refractivity contribution in [1.82, 2.24) is 0 Å². The molecule has 0 saturated carbocycles. The van der Waals surface area contributed by atoms with Crippen molar-refractivity contribution in [2.45, 2.75) is 46.6 Å². The fourth-order valence-corrected chi connectivity index (χ4v) is 1.70. The minimum Gasteiger partial charge on any atom is -0.495 e. The first kappa shape index (κ1) is 13.3. The zero-order valence-corrected chi connectivity index (χ0v) is 11.0. The van der Waals surface area contributed by atoms with Gasteiger partial charge in [0.1, 0.15) is 12.7 Å². The monoisotopic (exact) mass is 224 g/mol. The summed E-state index contributed by atoms with van der Waals surface area (Å²) in [5.74, 6) is 1.79. The third-order valence-electron chi connectivity index (χ3n) is 2.52. The van der Waals surface area contributed by atoms with E-state index in [1.54, 1.807) is 0 Å². The van der Waals surface area contributed by atoms with Gasteiger partial charge in [-0.3, -0.25) is 0 Å². The largest absolute Gasteiger partial charge is 0.495 e. The standard InChI is InChI=1S/C14H24O2/c1-5-7-12(8-11(3)4)14(6-2)16-10-13-9-15-13/h5,7,11,13H,6,8-10H2,1-4H3/b7-5-,14-12-. The van der Waals surface area contributed by atoms with Crippen LogP contribution in [0, 0.1) is 5.92 Å². The first-order valence-electron chi connectivity index (χ1n) is 6.26. The van der Waals surface area contributed by atoms with Crippen LogP contribution in [0.1, 0.15) is 40.5 Å². The molecule has 0 bridgehead atoms. The average molecular weight is 224 g/mol. The Morgan fingerprint density at radius 3 is 2.62 bits per heavy atom. The van der Waals surface area contributed by atoms with Crippen LogP contribution in [-0.2, 0) is 9.47 Å². The van der Waals surface area contributed by atoms with Gasteiger partial charge in [0.05, 0.1) is 12.4 Å². The van der Waals surface area contributed by atoms with Crippen LogP contribution in [0.2, 0.25) is 0 Å². The number of epoxide rings is 1. The lowest BCUT2D eigenvalue weighted by Crippen LogP contribution is -2.04. The van der Waals surface area contributed by atoms with Crippen LogP contribution >= 0.6 is 0 Å². The fraction of sp³-hybridized carbons (Fsp3) is 0.714. The minimum absolute atomic E-state index is 0.340. The second-order valence-corrected chi connectivity index (χ2v) is 4.67. The van der Waals surface area contributed by atoms with E-state index in [0.29, 0.717) is 18.6 Å². The molecule has 1 aliphatic heterocycles. The summed E-state index contributed by atoms with van der Waals surface area (Å²) in [4.78, 5) is 0. The highest BCUT2D eigenvalue weighted by Gasteiger charge is 2.23. The molecule has 0 aromatic carbocycles. The molecule has 2 nitrogen and oxygen atoms in total. The molecule has 0 aromatic heterocycles. The minimum atomic E-state index is 0.340. The maximum Gasteiger partial charge on any atom is 0.116 e. The second-order valence-electron chi connectivity index (χ2n) is 4.67. The number of ether oxygens (including phenoxy) is 2. The summed E-state index contributed by atoms with van der Waals surface area (Å²) in [6.07, 6.45) is 6.64. The summed E-state index contributed by atoms with van der Waals surface area (Å²) in [5.41, 5.74) is 1.33. The van der Waals surface area contributed by atoms with Crippen molar-refractivity contribution < 1.29 is 9.47 Å². The van der Waals surface area contributed by atoms with Crippen LogP contribution in [-0.4, -0.2) is 19.3 Å². The van der Waals surface area contributed by atoms with Gasteiger partial charge in [-0.05, 0) is 24.8 Å². The summed E-state index contributed by atoms with van der Waals surface area (Å²) in [6, 6.07) is 0. The Kier molecular flexibility index (Phi) is 5.61. The smallest absolute Gasteiger partial charge is 0.116 e. The van der Waals surface area contributed by atoms with Crippen molar-refractivity contribution in [1.29, 1.82) is 0 Å². The lowest BCUT2D eigenvalue weighted by Gasteiger charge is -2.14. The Labute approximate surface area is 99.3 Å². The number of hydrogen-bond acceptors (Lipinski definition) is 2. The van der Waals surface area contributed by atoms with Crippen molar-refractivity contribution in [3.8, 4) is 0 Å². The third-order valence-corrected chi connectivity index (χ3v) is 2.52. The number of rotatable bonds is 7. The molecule has 1 unspecified atom stereocenters. The zero-order valence-electron chi connectivity index (χ0n) is 11.0. The van der Waals surface area contributed by atoms with E-state index in [0.717, 1.165) is 25.2 Å². The summed E-state index contributed by atoms with van der Waals surface area (Å²) < 4.78 is 11.0. The topological polar surface area (TPSA) is 21.8 Å². The normalized spacial score (nSPS) is 21.4. The summed E-state index contributed by atoms with van der Waals surface area (Å²) in [5, 5.41) is 0. The molecule has 1 heterocycles. The van der Waals surface area contributed by atoms with E-state index >= 15 is 0 Å². The van der Waals surface area contributed by atoms with Crippen LogP contribution in [0.25, 0.3) is 0 Å². The maximum atomic E-state index is 5.83. The van der Waals surface area contributed by atoms with Gasteiger partial charge in [-0.1, -0.05) is 32.9 Å². The summed E-state index contributed by atoms with van der Waals surface area (Å²) in [7, 11) is 0. The lowest BCUT2D eigenvalue weighted by molar-refractivity contribution is 0.174. The Morgan fingerprint density at radius 2 is 2.19 bits per heavy atom. The fourth-order valence-electron chi connectivity index (χ4n) is 1.70. The van der Waals surface area contributed by atoms with Gasteiger partial charge in [0.25, 0.3) is 0 Å². The SMILES string of the molecule is C/C=C\C(CC(C)C)=C(/CC)OCC1CO1. The highest BCUT2D eigenvalue weighted by molar-refractivity contribution is 5.22. The van der Waals surface area contributed by atoms with Crippen LogP contribution in [0.15, 0.2) is 23.5 Å². The van der Waals surface area contributed by atoms with Crippen LogP contribution < -0.4 is 0 Å². The Morgan fingerprint density at radius 1 is 1.50 bits per heavy atom. The quantitative estimate of drug-likeness (QED) is 0.374. The van der Waals surface area contributed by atoms with Crippen molar-refractivity contribution >= 4 is 0 Å². The van der Waals surface area contributed by atoms with Crippen LogP contribution in [0.5, 0.6) is 0 Å². The predicted molar refractivity (Wildman–Crippen MR) is 67.3 cm³/mol. The van der Waals surface area contributed by atoms with Gasteiger partial charge < -0.3 is 9.47 Å². The van der Waals surface area contributed by atoms with Crippen LogP contribution in [0.3, 0.4) is 0 Å². The summed E-state index contributed by atoms with van der Waals surface area (Å²) >= 11 is 0. The number of hydrogen-bond donors (Lipinski definition) is 0. The molecular formula is C14H24O2. The van der Waals surface area contributed by atoms with Gasteiger partial charge in [0.15, 0.2) is 0 Å². The lowest BCUT2D eigenvalue weighted by atomic mass is 10.0. The molecule has 0 radical (unpaired) electrons. The molecule has 1 saturated heterocycles. The van der Waals surface area contributed by atoms with E-state index in [-0.39, 0.29) is 0 Å². The predicted octanol–water partition coefficient (Wildman–Crippen LogP) is 3.69. The Bertz CT molecular complexity index is 260. The highest BCUT2D eigenvalue weighted by Crippen LogP contribution is 2.21. The highest BCUT2D eigenvalue weighted by atomic mass is 16.6. The van der Waals surface area contributed by atoms with E-state index in [2.05, 4.69) is 39.8 Å². The summed E-state index contributed by atoms with van der Waals surface area (Å²) in [6.45, 7) is 10.2. The molecule has 0 N–H and O–H groups in total. The van der Waals surface area contributed by atoms with Crippen LogP contribution in [0.4, 0.5) is 0 Å². The Balaban J connectivity index is 2.62. The molecular weight excluding hydrogens is 200 g/mol. The van der Waals surface area contributed by atoms with E-state index in [1.165, 1.54) is 5.57 Å². The molecule has 0 amide bonds. The molecule has 0 aromatic rings. The van der Waals surface area contributed by atoms with Gasteiger partial charge in [0, 0.05) is 6.42 Å². The van der Waals surface area contributed by atoms with E-state index in [1.807, 2.05) is 0 Å². The molecule has 1 rings (SSSR count). The molecule has 1 atom stereocenters. The molecule has 1 aliphatic rings. The first-order valence-corrected chi connectivity index (χ1v) is 6.26. The first-order chi connectivity index (χ1) is 7.67. The molecule has 16 heavy (non-hydrogen) atoms. The van der Waals surface area contributed by atoms with Gasteiger partial charge >= 0.3 is 0 Å². The molecule has 1 fully saturated rings. The van der Waals surface area contributed by atoms with E-state index in [9.17, 15) is 0 Å². The van der Waals surface area contributed by atoms with Crippen molar-refractivity contribution in [2.75, 3.05) is 13.2 Å². The van der Waals surface area contributed by atoms with Crippen molar-refractivity contribution in [2.24, 2.45) is 5.92 Å². The second kappa shape index (κ2) is 6.74. The van der Waals surface area contributed by atoms with Crippen molar-refractivity contribution in [3.63, 3.8) is 0 Å². The zero-order chi connectivity index (χ0) is 12.0. The van der Waals surface area contributed by atoms with Gasteiger partial charge in [-0.25, -0.2) is 0 Å². The maximum absolute atomic E-state index is 5.83. The van der Waals surface area contributed by atoms with E-state index < -0.39 is 0 Å². The van der Waals surface area contributed by atoms with Gasteiger partial charge in [0.2, 0.25) is 0 Å².